The molecular formula is C59H42OSi. The van der Waals surface area contributed by atoms with Gasteiger partial charge in [0.05, 0.1) is 0 Å². The van der Waals surface area contributed by atoms with Gasteiger partial charge in [-0.3, -0.25) is 0 Å². The minimum Gasteiger partial charge on any atom is -0.455 e. The molecular weight excluding hydrogens is 753 g/mol. The van der Waals surface area contributed by atoms with Gasteiger partial charge in [-0.25, -0.2) is 0 Å². The highest BCUT2D eigenvalue weighted by Crippen LogP contribution is 2.52. The number of fused-ring (bicyclic) bond motifs is 8. The van der Waals surface area contributed by atoms with E-state index in [4.69, 9.17) is 4.42 Å². The van der Waals surface area contributed by atoms with Crippen molar-refractivity contribution in [3.05, 3.63) is 230 Å². The first-order chi connectivity index (χ1) is 30.0. The van der Waals surface area contributed by atoms with Gasteiger partial charge in [0.25, 0.3) is 0 Å². The third-order valence-corrected chi connectivity index (χ3v) is 18.4. The van der Waals surface area contributed by atoms with E-state index >= 15 is 0 Å². The Bertz CT molecular complexity index is 3340. The molecule has 0 fully saturated rings. The zero-order chi connectivity index (χ0) is 40.7. The van der Waals surface area contributed by atoms with Gasteiger partial charge in [-0.1, -0.05) is 220 Å². The molecule has 0 radical (unpaired) electrons. The van der Waals surface area contributed by atoms with E-state index in [-0.39, 0.29) is 5.41 Å². The van der Waals surface area contributed by atoms with Crippen LogP contribution in [0.1, 0.15) is 25.0 Å². The molecule has 288 valence electrons. The summed E-state index contributed by atoms with van der Waals surface area (Å²) >= 11 is 0. The molecule has 0 amide bonds. The van der Waals surface area contributed by atoms with Gasteiger partial charge in [0, 0.05) is 27.3 Å². The summed E-state index contributed by atoms with van der Waals surface area (Å²) in [5, 5.41) is 12.5. The SMILES string of the molecule is CC1(C)c2ccccc2-c2ccc(-c3c4ccccc4c(-c4cc([Si](c5ccccc5)(c5ccccc5)c5ccccc5)cc5c4oc4ccccc45)c4ccccc34)cc21. The number of hydrogen-bond acceptors (Lipinski definition) is 1. The van der Waals surface area contributed by atoms with Gasteiger partial charge in [-0.15, -0.1) is 0 Å². The first-order valence-electron chi connectivity index (χ1n) is 21.3. The lowest BCUT2D eigenvalue weighted by Gasteiger charge is -2.35. The molecule has 0 bridgehead atoms. The van der Waals surface area contributed by atoms with E-state index < -0.39 is 8.07 Å². The predicted molar refractivity (Wildman–Crippen MR) is 261 cm³/mol. The monoisotopic (exact) mass is 794 g/mol. The third kappa shape index (κ3) is 5.19. The van der Waals surface area contributed by atoms with Crippen molar-refractivity contribution in [2.24, 2.45) is 0 Å². The minimum atomic E-state index is -2.93. The van der Waals surface area contributed by atoms with Crippen molar-refractivity contribution in [2.45, 2.75) is 19.3 Å². The van der Waals surface area contributed by atoms with Crippen molar-refractivity contribution < 1.29 is 4.42 Å². The molecule has 10 aromatic carbocycles. The maximum absolute atomic E-state index is 7.05. The predicted octanol–water partition coefficient (Wildman–Crippen LogP) is 12.9. The molecule has 2 heteroatoms. The van der Waals surface area contributed by atoms with Crippen LogP contribution in [-0.4, -0.2) is 8.07 Å². The van der Waals surface area contributed by atoms with E-state index in [2.05, 4.69) is 232 Å². The Kier molecular flexibility index (Phi) is 7.97. The number of benzene rings is 10. The Morgan fingerprint density at radius 2 is 0.820 bits per heavy atom. The fraction of sp³-hybridized carbons (Fsp3) is 0.0508. The molecule has 0 atom stereocenters. The minimum absolute atomic E-state index is 0.104. The maximum Gasteiger partial charge on any atom is 0.179 e. The van der Waals surface area contributed by atoms with Crippen LogP contribution in [-0.2, 0) is 5.41 Å². The average molecular weight is 795 g/mol. The molecule has 0 N–H and O–H groups in total. The smallest absolute Gasteiger partial charge is 0.179 e. The normalized spacial score (nSPS) is 13.2. The Morgan fingerprint density at radius 1 is 0.344 bits per heavy atom. The zero-order valence-corrected chi connectivity index (χ0v) is 35.2. The topological polar surface area (TPSA) is 13.1 Å². The first kappa shape index (κ1) is 35.7. The summed E-state index contributed by atoms with van der Waals surface area (Å²) in [5.41, 5.74) is 12.0. The van der Waals surface area contributed by atoms with Gasteiger partial charge in [0.15, 0.2) is 8.07 Å². The highest BCUT2D eigenvalue weighted by atomic mass is 28.3. The standard InChI is InChI=1S/C59H42OSi/c1-59(2)53-32-18-16-26-44(53)45-35-34-39(36-54(45)59)56-47-28-12-14-30-49(47)57(50-31-15-13-29-48(50)56)52-38-43(37-51-46-27-17-19-33-55(46)60-58(51)52)61(40-20-6-3-7-21-40,41-22-8-4-9-23-41)42-24-10-5-11-25-42/h3-38H,1-2H3. The van der Waals surface area contributed by atoms with E-state index in [9.17, 15) is 0 Å². The Hall–Kier alpha value is -7.26. The van der Waals surface area contributed by atoms with Gasteiger partial charge < -0.3 is 4.42 Å². The third-order valence-electron chi connectivity index (χ3n) is 13.6. The Labute approximate surface area is 357 Å². The molecule has 1 aliphatic rings. The average Bonchev–Trinajstić information content (AvgIpc) is 3.81. The Balaban J connectivity index is 1.21. The molecule has 0 saturated heterocycles. The fourth-order valence-corrected chi connectivity index (χ4v) is 15.7. The summed E-state index contributed by atoms with van der Waals surface area (Å²) in [6.45, 7) is 4.74. The number of para-hydroxylation sites is 1. The van der Waals surface area contributed by atoms with Crippen molar-refractivity contribution in [2.75, 3.05) is 0 Å². The first-order valence-corrected chi connectivity index (χ1v) is 23.3. The number of hydrogen-bond donors (Lipinski definition) is 0. The molecule has 12 rings (SSSR count). The lowest BCUT2D eigenvalue weighted by atomic mass is 9.80. The van der Waals surface area contributed by atoms with E-state index in [1.54, 1.807) is 0 Å². The molecule has 61 heavy (non-hydrogen) atoms. The molecule has 0 unspecified atom stereocenters. The van der Waals surface area contributed by atoms with Crippen molar-refractivity contribution in [3.8, 4) is 33.4 Å². The van der Waals surface area contributed by atoms with Crippen LogP contribution in [0.4, 0.5) is 0 Å². The van der Waals surface area contributed by atoms with Crippen LogP contribution < -0.4 is 20.7 Å². The molecule has 0 saturated carbocycles. The Morgan fingerprint density at radius 3 is 1.41 bits per heavy atom. The number of furan rings is 1. The van der Waals surface area contributed by atoms with Gasteiger partial charge in [0.1, 0.15) is 11.2 Å². The van der Waals surface area contributed by atoms with Crippen molar-refractivity contribution >= 4 is 72.3 Å². The fourth-order valence-electron chi connectivity index (χ4n) is 10.9. The van der Waals surface area contributed by atoms with Crippen molar-refractivity contribution in [3.63, 3.8) is 0 Å². The zero-order valence-electron chi connectivity index (χ0n) is 34.2. The summed E-state index contributed by atoms with van der Waals surface area (Å²) in [6.07, 6.45) is 0. The van der Waals surface area contributed by atoms with Gasteiger partial charge >= 0.3 is 0 Å². The van der Waals surface area contributed by atoms with Gasteiger partial charge in [-0.2, -0.15) is 0 Å². The van der Waals surface area contributed by atoms with Crippen LogP contribution in [0.3, 0.4) is 0 Å². The quantitative estimate of drug-likeness (QED) is 0.0928. The van der Waals surface area contributed by atoms with E-state index in [1.807, 2.05) is 0 Å². The van der Waals surface area contributed by atoms with Crippen LogP contribution in [0.25, 0.3) is 76.9 Å². The second kappa shape index (κ2) is 13.6. The van der Waals surface area contributed by atoms with Gasteiger partial charge in [0.2, 0.25) is 0 Å². The number of rotatable bonds is 6. The lowest BCUT2D eigenvalue weighted by molar-refractivity contribution is 0.660. The molecule has 1 aliphatic carbocycles. The molecule has 0 spiro atoms. The van der Waals surface area contributed by atoms with Crippen LogP contribution in [0, 0.1) is 0 Å². The summed E-state index contributed by atoms with van der Waals surface area (Å²) in [6, 6.07) is 81.4. The van der Waals surface area contributed by atoms with Crippen LogP contribution in [0.5, 0.6) is 0 Å². The second-order valence-electron chi connectivity index (χ2n) is 17.1. The van der Waals surface area contributed by atoms with Crippen LogP contribution >= 0.6 is 0 Å². The van der Waals surface area contributed by atoms with Gasteiger partial charge in [-0.05, 0) is 87.8 Å². The van der Waals surface area contributed by atoms with Crippen molar-refractivity contribution in [1.82, 2.24) is 0 Å². The van der Waals surface area contributed by atoms with Crippen molar-refractivity contribution in [1.29, 1.82) is 0 Å². The second-order valence-corrected chi connectivity index (χ2v) is 20.9. The van der Waals surface area contributed by atoms with Crippen LogP contribution in [0.15, 0.2) is 223 Å². The molecule has 1 aromatic heterocycles. The highest BCUT2D eigenvalue weighted by Gasteiger charge is 2.42. The summed E-state index contributed by atoms with van der Waals surface area (Å²) in [7, 11) is -2.93. The van der Waals surface area contributed by atoms with E-state index in [1.165, 1.54) is 81.2 Å². The highest BCUT2D eigenvalue weighted by molar-refractivity contribution is 7.20. The van der Waals surface area contributed by atoms with E-state index in [0.717, 1.165) is 27.5 Å². The summed E-state index contributed by atoms with van der Waals surface area (Å²) in [5.74, 6) is 0. The largest absolute Gasteiger partial charge is 0.455 e. The summed E-state index contributed by atoms with van der Waals surface area (Å²) in [4.78, 5) is 0. The molecule has 11 aromatic rings. The van der Waals surface area contributed by atoms with E-state index in [0.29, 0.717) is 0 Å². The summed E-state index contributed by atoms with van der Waals surface area (Å²) < 4.78 is 7.05. The van der Waals surface area contributed by atoms with Crippen LogP contribution in [0.2, 0.25) is 0 Å². The molecule has 1 nitrogen and oxygen atoms in total. The maximum atomic E-state index is 7.05. The molecule has 0 aliphatic heterocycles. The lowest BCUT2D eigenvalue weighted by Crippen LogP contribution is -2.74. The molecule has 1 heterocycles.